The normalized spacial score (nSPS) is 25.6. The van der Waals surface area contributed by atoms with Crippen LogP contribution in [0, 0.1) is 6.92 Å². The second-order valence-corrected chi connectivity index (χ2v) is 14.8. The molecule has 7 atom stereocenters. The molecule has 3 saturated heterocycles. The molecular weight excluding hydrogens is 749 g/mol. The molecule has 8 rings (SSSR count). The number of fused-ring (bicyclic) bond motifs is 2. The molecule has 0 aliphatic carbocycles. The minimum absolute atomic E-state index is 0.0530. The van der Waals surface area contributed by atoms with E-state index in [0.717, 1.165) is 0 Å². The Balaban J connectivity index is 0.961. The largest absolute Gasteiger partial charge is 0.475 e. The Morgan fingerprint density at radius 1 is 0.800 bits per heavy atom. The van der Waals surface area contributed by atoms with Crippen LogP contribution in [0.5, 0.6) is 0 Å². The van der Waals surface area contributed by atoms with Crippen LogP contribution in [-0.2, 0) is 32.3 Å². The van der Waals surface area contributed by atoms with Crippen molar-refractivity contribution in [1.29, 1.82) is 0 Å². The fraction of sp³-hybridized carbons (Fsp3) is 0.533. The van der Waals surface area contributed by atoms with E-state index in [1.54, 1.807) is 9.13 Å². The Kier molecular flexibility index (Phi) is 10.0. The molecule has 0 radical (unpaired) electrons. The van der Waals surface area contributed by atoms with Crippen LogP contribution in [0.2, 0.25) is 0 Å². The van der Waals surface area contributed by atoms with Gasteiger partial charge in [0.25, 0.3) is 16.7 Å². The Hall–Kier alpha value is -5.32. The van der Waals surface area contributed by atoms with Gasteiger partial charge in [-0.05, 0) is 38.1 Å². The van der Waals surface area contributed by atoms with E-state index in [1.807, 2.05) is 0 Å². The molecule has 0 aromatic carbocycles. The van der Waals surface area contributed by atoms with Crippen LogP contribution in [0.15, 0.2) is 55.8 Å². The molecule has 3 aliphatic heterocycles. The number of H-pyrrole nitrogens is 3. The SMILES string of the molecule is Cc1cn([C@H]2C[C@H](N=[N+]=[N-])[C@@H](COP(=O)(OC[C@@H]3CC[C@H](n4cnc5c(=O)[nH]cnc54)O3)OC[C@@H]3CC[C@H](n4cnc5c(=O)[nH]cnc54)O3)O2)c(=O)[nH]c1=O. The highest BCUT2D eigenvalue weighted by atomic mass is 31.2. The van der Waals surface area contributed by atoms with E-state index in [9.17, 15) is 29.3 Å². The number of hydrogen-bond acceptors (Lipinski definition) is 16. The second-order valence-electron chi connectivity index (χ2n) is 13.1. The Morgan fingerprint density at radius 3 is 1.93 bits per heavy atom. The summed E-state index contributed by atoms with van der Waals surface area (Å²) in [5, 5.41) is 3.80. The van der Waals surface area contributed by atoms with Crippen LogP contribution < -0.4 is 22.4 Å². The van der Waals surface area contributed by atoms with Gasteiger partial charge in [0.2, 0.25) is 0 Å². The second kappa shape index (κ2) is 15.1. The van der Waals surface area contributed by atoms with Crippen LogP contribution in [0.4, 0.5) is 0 Å². The molecule has 5 aromatic rings. The lowest BCUT2D eigenvalue weighted by Gasteiger charge is -2.24. The first-order chi connectivity index (χ1) is 26.6. The van der Waals surface area contributed by atoms with Gasteiger partial charge in [0.05, 0.1) is 69.5 Å². The van der Waals surface area contributed by atoms with Gasteiger partial charge in [-0.25, -0.2) is 29.3 Å². The lowest BCUT2D eigenvalue weighted by molar-refractivity contribution is -0.0500. The number of imidazole rings is 2. The maximum atomic E-state index is 14.3. The lowest BCUT2D eigenvalue weighted by atomic mass is 10.1. The van der Waals surface area contributed by atoms with E-state index in [1.165, 1.54) is 43.0 Å². The first-order valence-electron chi connectivity index (χ1n) is 17.3. The summed E-state index contributed by atoms with van der Waals surface area (Å²) in [6.45, 7) is 0.658. The average Bonchev–Trinajstić information content (AvgIpc) is 4.01. The number of aromatic amines is 3. The van der Waals surface area contributed by atoms with E-state index in [0.29, 0.717) is 37.0 Å². The standard InChI is InChI=1S/C30H34N13O11P/c1-15-7-41(30(47)38-27(15)44)22-6-18(39-40-31)19(54-22)10-51-55(48,49-8-16-2-4-20(52-16)42-13-36-23-25(42)32-11-34-28(23)45)50-9-17-3-5-21(53-17)43-14-37-24-26(43)33-12-35-29(24)46/h7,11-14,16-22H,2-6,8-10H2,1H3,(H,32,34,45)(H,33,35,46)(H,38,44,47)/t16-,17-,18-,19+,20+,21+,22+/m0/s1. The third-order valence-electron chi connectivity index (χ3n) is 9.62. The average molecular weight is 784 g/mol. The summed E-state index contributed by atoms with van der Waals surface area (Å²) in [4.78, 5) is 75.6. The van der Waals surface area contributed by atoms with Crippen LogP contribution >= 0.6 is 7.82 Å². The highest BCUT2D eigenvalue weighted by molar-refractivity contribution is 7.48. The van der Waals surface area contributed by atoms with Gasteiger partial charge in [-0.3, -0.25) is 46.6 Å². The topological polar surface area (TPSA) is 303 Å². The maximum Gasteiger partial charge on any atom is 0.475 e. The smallest absolute Gasteiger partial charge is 0.352 e. The molecule has 3 aliphatic rings. The Morgan fingerprint density at radius 2 is 1.36 bits per heavy atom. The molecule has 8 heterocycles. The third kappa shape index (κ3) is 7.41. The lowest BCUT2D eigenvalue weighted by Crippen LogP contribution is -2.33. The molecule has 55 heavy (non-hydrogen) atoms. The zero-order valence-electron chi connectivity index (χ0n) is 29.0. The minimum atomic E-state index is -4.43. The van der Waals surface area contributed by atoms with E-state index in [2.05, 4.69) is 44.9 Å². The fourth-order valence-electron chi connectivity index (χ4n) is 6.82. The first kappa shape index (κ1) is 36.6. The summed E-state index contributed by atoms with van der Waals surface area (Å²) in [5.74, 6) is 0. The van der Waals surface area contributed by atoms with Crippen molar-refractivity contribution >= 4 is 30.2 Å². The summed E-state index contributed by atoms with van der Waals surface area (Å²) in [7, 11) is -4.43. The van der Waals surface area contributed by atoms with Crippen LogP contribution in [-0.4, -0.2) is 92.8 Å². The molecule has 3 N–H and O–H groups in total. The van der Waals surface area contributed by atoms with Crippen molar-refractivity contribution in [1.82, 2.24) is 48.6 Å². The molecule has 5 aromatic heterocycles. The molecule has 0 bridgehead atoms. The van der Waals surface area contributed by atoms with Crippen LogP contribution in [0.1, 0.15) is 56.4 Å². The number of ether oxygens (including phenoxy) is 3. The van der Waals surface area contributed by atoms with Crippen molar-refractivity contribution in [3.05, 3.63) is 89.1 Å². The Labute approximate surface area is 307 Å². The van der Waals surface area contributed by atoms with Gasteiger partial charge in [-0.15, -0.1) is 0 Å². The summed E-state index contributed by atoms with van der Waals surface area (Å²) in [6.07, 6.45) is 4.73. The molecule has 0 saturated carbocycles. The van der Waals surface area contributed by atoms with Gasteiger partial charge >= 0.3 is 13.5 Å². The summed E-state index contributed by atoms with van der Waals surface area (Å²) < 4.78 is 54.6. The molecule has 3 fully saturated rings. The van der Waals surface area contributed by atoms with Gasteiger partial charge in [0, 0.05) is 23.1 Å². The quantitative estimate of drug-likeness (QED) is 0.0661. The van der Waals surface area contributed by atoms with E-state index in [-0.39, 0.29) is 47.3 Å². The van der Waals surface area contributed by atoms with Crippen molar-refractivity contribution in [3.63, 3.8) is 0 Å². The van der Waals surface area contributed by atoms with Gasteiger partial charge in [0.15, 0.2) is 22.3 Å². The van der Waals surface area contributed by atoms with Crippen molar-refractivity contribution in [3.8, 4) is 0 Å². The van der Waals surface area contributed by atoms with E-state index >= 15 is 0 Å². The zero-order chi connectivity index (χ0) is 38.3. The number of rotatable bonds is 13. The molecule has 25 heteroatoms. The van der Waals surface area contributed by atoms with Crippen molar-refractivity contribution in [2.24, 2.45) is 5.11 Å². The summed E-state index contributed by atoms with van der Waals surface area (Å²) in [5.41, 5.74) is 8.49. The number of aromatic nitrogens is 10. The van der Waals surface area contributed by atoms with E-state index < -0.39 is 68.7 Å². The zero-order valence-corrected chi connectivity index (χ0v) is 29.9. The molecular formula is C30H34N13O11P. The van der Waals surface area contributed by atoms with Crippen molar-refractivity contribution in [2.45, 2.75) is 82.1 Å². The molecule has 0 amide bonds. The Bertz CT molecular complexity index is 2440. The van der Waals surface area contributed by atoms with Gasteiger partial charge in [-0.1, -0.05) is 5.11 Å². The number of phosphoric ester groups is 1. The maximum absolute atomic E-state index is 14.3. The third-order valence-corrected chi connectivity index (χ3v) is 11.0. The molecule has 0 spiro atoms. The highest BCUT2D eigenvalue weighted by Crippen LogP contribution is 2.52. The number of hydrogen-bond donors (Lipinski definition) is 3. The monoisotopic (exact) mass is 783 g/mol. The summed E-state index contributed by atoms with van der Waals surface area (Å²) in [6, 6.07) is -0.850. The predicted molar refractivity (Wildman–Crippen MR) is 186 cm³/mol. The van der Waals surface area contributed by atoms with Crippen molar-refractivity contribution in [2.75, 3.05) is 19.8 Å². The molecule has 290 valence electrons. The van der Waals surface area contributed by atoms with Gasteiger partial charge in [0.1, 0.15) is 18.7 Å². The van der Waals surface area contributed by atoms with E-state index in [4.69, 9.17) is 27.8 Å². The highest BCUT2D eigenvalue weighted by Gasteiger charge is 2.41. The number of nitrogens with one attached hydrogen (secondary N) is 3. The van der Waals surface area contributed by atoms with Crippen molar-refractivity contribution < 1.29 is 32.3 Å². The minimum Gasteiger partial charge on any atom is -0.352 e. The molecule has 0 unspecified atom stereocenters. The van der Waals surface area contributed by atoms with Crippen LogP contribution in [0.3, 0.4) is 0 Å². The number of nitrogens with zero attached hydrogens (tertiary/aromatic N) is 10. The number of azide groups is 1. The van der Waals surface area contributed by atoms with Gasteiger partial charge < -0.3 is 24.2 Å². The number of aryl methyl sites for hydroxylation is 1. The van der Waals surface area contributed by atoms with Crippen LogP contribution in [0.25, 0.3) is 32.8 Å². The number of phosphoric acid groups is 1. The molecule has 24 nitrogen and oxygen atoms in total. The predicted octanol–water partition coefficient (Wildman–Crippen LogP) is 1.59. The fourth-order valence-corrected chi connectivity index (χ4v) is 8.08. The first-order valence-corrected chi connectivity index (χ1v) is 18.7. The summed E-state index contributed by atoms with van der Waals surface area (Å²) >= 11 is 0. The van der Waals surface area contributed by atoms with Gasteiger partial charge in [-0.2, -0.15) is 0 Å².